The van der Waals surface area contributed by atoms with Crippen molar-refractivity contribution in [1.82, 2.24) is 4.90 Å². The molecule has 0 spiro atoms. The first-order valence-electron chi connectivity index (χ1n) is 26.5. The normalized spacial score (nSPS) is 38.2. The molecule has 6 aliphatic carbocycles. The second-order valence-electron chi connectivity index (χ2n) is 25.8. The maximum atomic E-state index is 15.1. The summed E-state index contributed by atoms with van der Waals surface area (Å²) in [6.07, 6.45) is 16.1. The topological polar surface area (TPSA) is 229 Å². The largest absolute Gasteiger partial charge is 0.481 e. The maximum Gasteiger partial charge on any atom is 0.320 e. The fourth-order valence-electron chi connectivity index (χ4n) is 16.6. The maximum absolute atomic E-state index is 15.1. The Balaban J connectivity index is 0.000000559. The molecule has 0 aromatic heterocycles. The number of hydrogen-bond donors (Lipinski definition) is 5. The van der Waals surface area contributed by atoms with E-state index in [0.717, 1.165) is 90.1 Å². The van der Waals surface area contributed by atoms with Crippen LogP contribution >= 0.6 is 0 Å². The van der Waals surface area contributed by atoms with Gasteiger partial charge in [-0.2, -0.15) is 0 Å². The first-order valence-corrected chi connectivity index (χ1v) is 26.5. The van der Waals surface area contributed by atoms with Crippen molar-refractivity contribution in [2.45, 2.75) is 197 Å². The lowest BCUT2D eigenvalue weighted by molar-refractivity contribution is -0.249. The zero-order valence-corrected chi connectivity index (χ0v) is 43.7. The van der Waals surface area contributed by atoms with E-state index in [4.69, 9.17) is 27.0 Å². The van der Waals surface area contributed by atoms with Gasteiger partial charge in [-0.05, 0) is 181 Å². The molecule has 13 heteroatoms. The van der Waals surface area contributed by atoms with E-state index in [-0.39, 0.29) is 62.8 Å². The monoisotopic (exact) mass is 950 g/mol. The second kappa shape index (κ2) is 19.6. The summed E-state index contributed by atoms with van der Waals surface area (Å²) in [4.78, 5) is 69.7. The number of likely N-dealkylation sites (tertiary alicyclic amines) is 1. The van der Waals surface area contributed by atoms with Crippen molar-refractivity contribution in [3.63, 3.8) is 0 Å². The van der Waals surface area contributed by atoms with Crippen LogP contribution in [-0.4, -0.2) is 82.5 Å². The number of aliphatic carboxylic acids is 2. The first-order chi connectivity index (χ1) is 31.5. The van der Waals surface area contributed by atoms with Gasteiger partial charge in [0, 0.05) is 42.8 Å². The number of allylic oxidation sites excluding steroid dienone is 1. The molecule has 13 nitrogen and oxygen atoms in total. The van der Waals surface area contributed by atoms with Crippen molar-refractivity contribution in [1.29, 1.82) is 0 Å². The third-order valence-corrected chi connectivity index (χ3v) is 21.2. The summed E-state index contributed by atoms with van der Waals surface area (Å²) in [6.45, 7) is 29.1. The van der Waals surface area contributed by atoms with E-state index in [2.05, 4.69) is 71.9 Å². The number of guanidine groups is 1. The van der Waals surface area contributed by atoms with Crippen LogP contribution in [0.25, 0.3) is 0 Å². The average Bonchev–Trinajstić information content (AvgIpc) is 3.66. The van der Waals surface area contributed by atoms with Crippen LogP contribution in [0.3, 0.4) is 0 Å². The lowest BCUT2D eigenvalue weighted by Gasteiger charge is -2.73. The molecule has 1 heterocycles. The van der Waals surface area contributed by atoms with Gasteiger partial charge in [0.15, 0.2) is 5.96 Å². The zero-order chi connectivity index (χ0) is 50.6. The Morgan fingerprint density at radius 3 is 2.07 bits per heavy atom. The van der Waals surface area contributed by atoms with Crippen LogP contribution < -0.4 is 17.2 Å². The van der Waals surface area contributed by atoms with Gasteiger partial charge in [-0.3, -0.25) is 29.0 Å². The molecular formula is C55H91N5O8. The molecule has 4 unspecified atom stereocenters. The Hall–Kier alpha value is -3.48. The molecule has 1 saturated heterocycles. The predicted molar refractivity (Wildman–Crippen MR) is 266 cm³/mol. The summed E-state index contributed by atoms with van der Waals surface area (Å²) < 4.78 is 6.20. The smallest absolute Gasteiger partial charge is 0.320 e. The van der Waals surface area contributed by atoms with Gasteiger partial charge >= 0.3 is 17.9 Å². The SMILES string of the molecule is C=C(C)[C@@H]1CC[C@]2(C(=O)C[C@@H]3C[C@H](C(=O)N4CCCCC4)C3(C)C)CC[C@]3(C)C(CCC4[C@@]5(C)CC[C@H](OC(=O)CC(C)(C)C(=O)O)C(C)(C)C5CC[C@]43C)C12.NC(N)=NCCC[C@H](N)C(=O)O. The van der Waals surface area contributed by atoms with Crippen molar-refractivity contribution >= 4 is 35.6 Å². The number of fused-ring (bicyclic) bond motifs is 7. The summed E-state index contributed by atoms with van der Waals surface area (Å²) in [5.74, 6) is 0.932. The van der Waals surface area contributed by atoms with Crippen LogP contribution in [0, 0.1) is 79.3 Å². The molecule has 8 N–H and O–H groups in total. The number of aliphatic imine (C=N–C) groups is 1. The van der Waals surface area contributed by atoms with Gasteiger partial charge < -0.3 is 37.1 Å². The molecule has 6 saturated carbocycles. The number of ketones is 1. The summed E-state index contributed by atoms with van der Waals surface area (Å²) in [6, 6.07) is -0.820. The first kappa shape index (κ1) is 53.9. The molecule has 7 fully saturated rings. The molecule has 7 aliphatic rings. The number of carboxylic acids is 2. The number of amides is 1. The molecular weight excluding hydrogens is 859 g/mol. The second-order valence-corrected chi connectivity index (χ2v) is 25.8. The summed E-state index contributed by atoms with van der Waals surface area (Å²) in [5.41, 5.74) is 15.2. The number of hydrogen-bond acceptors (Lipinski definition) is 8. The van der Waals surface area contributed by atoms with Crippen LogP contribution in [0.5, 0.6) is 0 Å². The quantitative estimate of drug-likeness (QED) is 0.0362. The summed E-state index contributed by atoms with van der Waals surface area (Å²) in [7, 11) is 0. The van der Waals surface area contributed by atoms with Gasteiger partial charge in [-0.15, -0.1) is 0 Å². The number of rotatable bonds is 14. The van der Waals surface area contributed by atoms with E-state index >= 15 is 4.79 Å². The van der Waals surface area contributed by atoms with Crippen LogP contribution in [0.1, 0.15) is 185 Å². The van der Waals surface area contributed by atoms with E-state index in [1.165, 1.54) is 18.4 Å². The number of carbonyl (C=O) groups is 5. The number of esters is 1. The van der Waals surface area contributed by atoms with Crippen molar-refractivity contribution in [2.24, 2.45) is 102 Å². The van der Waals surface area contributed by atoms with E-state index in [9.17, 15) is 24.3 Å². The van der Waals surface area contributed by atoms with Crippen LogP contribution in [-0.2, 0) is 28.7 Å². The third-order valence-electron chi connectivity index (χ3n) is 21.2. The van der Waals surface area contributed by atoms with Gasteiger partial charge in [-0.25, -0.2) is 0 Å². The molecule has 0 aromatic rings. The minimum absolute atomic E-state index is 0.0129. The number of nitrogens with two attached hydrogens (primary N) is 3. The minimum atomic E-state index is -1.15. The lowest BCUT2D eigenvalue weighted by atomic mass is 9.32. The molecule has 384 valence electrons. The van der Waals surface area contributed by atoms with E-state index in [0.29, 0.717) is 67.1 Å². The molecule has 7 rings (SSSR count). The number of piperidine rings is 1. The van der Waals surface area contributed by atoms with E-state index in [1.54, 1.807) is 13.8 Å². The fraction of sp³-hybridized carbons (Fsp3) is 0.855. The fourth-order valence-corrected chi connectivity index (χ4v) is 16.6. The molecule has 0 radical (unpaired) electrons. The van der Waals surface area contributed by atoms with Gasteiger partial charge in [0.2, 0.25) is 5.91 Å². The van der Waals surface area contributed by atoms with Crippen molar-refractivity contribution < 1.29 is 38.9 Å². The zero-order valence-electron chi connectivity index (χ0n) is 43.7. The van der Waals surface area contributed by atoms with Gasteiger partial charge in [0.05, 0.1) is 11.8 Å². The molecule has 0 aromatic carbocycles. The summed E-state index contributed by atoms with van der Waals surface area (Å²) in [5, 5.41) is 18.0. The highest BCUT2D eigenvalue weighted by molar-refractivity contribution is 5.87. The number of nitrogens with zero attached hydrogens (tertiary/aromatic N) is 2. The predicted octanol–water partition coefficient (Wildman–Crippen LogP) is 9.14. The van der Waals surface area contributed by atoms with Crippen molar-refractivity contribution in [3.8, 4) is 0 Å². The number of Topliss-reactive ketones (excluding diaryl/α,β-unsaturated/α-hetero) is 1. The van der Waals surface area contributed by atoms with Gasteiger partial charge in [-0.1, -0.05) is 60.6 Å². The third kappa shape index (κ3) is 9.54. The van der Waals surface area contributed by atoms with Crippen LogP contribution in [0.2, 0.25) is 0 Å². The molecule has 1 aliphatic heterocycles. The van der Waals surface area contributed by atoms with E-state index in [1.807, 2.05) is 0 Å². The highest BCUT2D eigenvalue weighted by Gasteiger charge is 2.72. The van der Waals surface area contributed by atoms with E-state index < -0.39 is 29.4 Å². The molecule has 1 amide bonds. The van der Waals surface area contributed by atoms with Crippen LogP contribution in [0.15, 0.2) is 17.1 Å². The van der Waals surface area contributed by atoms with Gasteiger partial charge in [0.25, 0.3) is 0 Å². The van der Waals surface area contributed by atoms with Crippen molar-refractivity contribution in [2.75, 3.05) is 19.6 Å². The van der Waals surface area contributed by atoms with Gasteiger partial charge in [0.1, 0.15) is 17.9 Å². The minimum Gasteiger partial charge on any atom is -0.481 e. The Kier molecular flexibility index (Phi) is 15.5. The molecule has 0 bridgehead atoms. The lowest BCUT2D eigenvalue weighted by Crippen LogP contribution is -2.67. The Morgan fingerprint density at radius 1 is 0.824 bits per heavy atom. The highest BCUT2D eigenvalue weighted by atomic mass is 16.5. The van der Waals surface area contributed by atoms with Crippen molar-refractivity contribution in [3.05, 3.63) is 12.2 Å². The number of ether oxygens (including phenoxy) is 1. The Bertz CT molecular complexity index is 1970. The summed E-state index contributed by atoms with van der Waals surface area (Å²) >= 11 is 0. The molecule has 68 heavy (non-hydrogen) atoms. The average molecular weight is 950 g/mol. The number of carboxylic acid groups (broad SMARTS) is 2. The Morgan fingerprint density at radius 2 is 1.49 bits per heavy atom. The standard InChI is InChI=1S/C49H77NO6.C6H14N4O2/c1-30(2)32-17-22-49(37(51)28-31-27-34(44(31,5)6)41(53)50-25-13-12-14-26-50)24-23-47(10)33(40(32)49)15-16-36-46(9)20-19-38(56-39(52)29-43(3,4)42(54)55)45(7,8)35(46)18-21-48(36,47)11;7-4(5(11)12)2-1-3-10-6(8)9/h31-36,38,40H,1,12-29H2,2-11H3,(H,54,55);4H,1-3,7H2,(H,11,12)(H4,8,9,10)/t31-,32-,33?,34+,35?,36?,38-,40?,46-,47+,48+,49+;4-/m00/s1. The molecule has 13 atom stereocenters. The van der Waals surface area contributed by atoms with Crippen LogP contribution in [0.4, 0.5) is 0 Å². The highest BCUT2D eigenvalue weighted by Crippen LogP contribution is 2.78. The Labute approximate surface area is 408 Å². The number of carbonyl (C=O) groups excluding carboxylic acids is 3.